The Kier molecular flexibility index (Phi) is 13.3. The highest BCUT2D eigenvalue weighted by Gasteiger charge is 2.13. The van der Waals surface area contributed by atoms with Crippen molar-refractivity contribution in [2.45, 2.75) is 33.7 Å². The number of carbonyl (C=O) groups is 2. The van der Waals surface area contributed by atoms with E-state index in [2.05, 4.69) is 10.1 Å². The molecule has 1 unspecified atom stereocenters. The van der Waals surface area contributed by atoms with Crippen molar-refractivity contribution in [3.8, 4) is 0 Å². The summed E-state index contributed by atoms with van der Waals surface area (Å²) in [5.41, 5.74) is 5.41. The summed E-state index contributed by atoms with van der Waals surface area (Å²) < 4.78 is 4.39. The molecule has 0 saturated heterocycles. The SMILES string of the molecule is C.C.CNC(=O)C(N)CCC(=O)OC. The average molecular weight is 206 g/mol. The number of rotatable bonds is 4. The van der Waals surface area contributed by atoms with Crippen LogP contribution in [0.25, 0.3) is 0 Å². The van der Waals surface area contributed by atoms with Gasteiger partial charge in [-0.3, -0.25) is 9.59 Å². The van der Waals surface area contributed by atoms with Crippen LogP contribution in [0.2, 0.25) is 0 Å². The number of hydrogen-bond donors (Lipinski definition) is 2. The Bertz CT molecular complexity index is 171. The molecule has 0 aliphatic heterocycles. The Morgan fingerprint density at radius 2 is 1.93 bits per heavy atom. The summed E-state index contributed by atoms with van der Waals surface area (Å²) in [4.78, 5) is 21.4. The van der Waals surface area contributed by atoms with Crippen LogP contribution in [0, 0.1) is 0 Å². The molecule has 0 heterocycles. The third kappa shape index (κ3) is 7.54. The van der Waals surface area contributed by atoms with Crippen LogP contribution in [0.1, 0.15) is 27.7 Å². The van der Waals surface area contributed by atoms with E-state index >= 15 is 0 Å². The molecule has 0 bridgehead atoms. The number of methoxy groups -OCH3 is 1. The predicted octanol–water partition coefficient (Wildman–Crippen LogP) is 0.285. The zero-order valence-electron chi connectivity index (χ0n) is 7.29. The van der Waals surface area contributed by atoms with Gasteiger partial charge in [0.25, 0.3) is 0 Å². The normalized spacial score (nSPS) is 10.2. The fourth-order valence-corrected chi connectivity index (χ4v) is 0.692. The van der Waals surface area contributed by atoms with Crippen molar-refractivity contribution in [2.24, 2.45) is 5.73 Å². The quantitative estimate of drug-likeness (QED) is 0.647. The number of amides is 1. The zero-order chi connectivity index (χ0) is 9.56. The summed E-state index contributed by atoms with van der Waals surface area (Å²) in [7, 11) is 2.80. The lowest BCUT2D eigenvalue weighted by Crippen LogP contribution is -2.38. The van der Waals surface area contributed by atoms with E-state index in [1.165, 1.54) is 14.2 Å². The maximum atomic E-state index is 10.8. The van der Waals surface area contributed by atoms with E-state index in [9.17, 15) is 9.59 Å². The summed E-state index contributed by atoms with van der Waals surface area (Å²) >= 11 is 0. The van der Waals surface area contributed by atoms with E-state index in [0.29, 0.717) is 6.42 Å². The minimum Gasteiger partial charge on any atom is -0.469 e. The first-order valence-electron chi connectivity index (χ1n) is 3.65. The van der Waals surface area contributed by atoms with E-state index in [4.69, 9.17) is 5.73 Å². The third-order valence-corrected chi connectivity index (χ3v) is 1.47. The van der Waals surface area contributed by atoms with Gasteiger partial charge in [0.1, 0.15) is 0 Å². The topological polar surface area (TPSA) is 81.4 Å². The van der Waals surface area contributed by atoms with E-state index in [1.807, 2.05) is 0 Å². The van der Waals surface area contributed by atoms with Gasteiger partial charge in [0.15, 0.2) is 0 Å². The van der Waals surface area contributed by atoms with Crippen molar-refractivity contribution in [1.82, 2.24) is 5.32 Å². The fraction of sp³-hybridized carbons (Fsp3) is 0.778. The predicted molar refractivity (Wildman–Crippen MR) is 56.8 cm³/mol. The molecule has 0 fully saturated rings. The molecule has 0 aromatic rings. The van der Waals surface area contributed by atoms with Gasteiger partial charge in [-0.2, -0.15) is 0 Å². The summed E-state index contributed by atoms with van der Waals surface area (Å²) in [6, 6.07) is -0.630. The van der Waals surface area contributed by atoms with Gasteiger partial charge in [-0.15, -0.1) is 0 Å². The number of esters is 1. The molecule has 1 atom stereocenters. The molecule has 0 saturated carbocycles. The highest BCUT2D eigenvalue weighted by Crippen LogP contribution is 1.95. The molecular weight excluding hydrogens is 184 g/mol. The maximum Gasteiger partial charge on any atom is 0.305 e. The van der Waals surface area contributed by atoms with Gasteiger partial charge in [-0.05, 0) is 6.42 Å². The van der Waals surface area contributed by atoms with E-state index in [1.54, 1.807) is 0 Å². The monoisotopic (exact) mass is 206 g/mol. The Morgan fingerprint density at radius 3 is 2.29 bits per heavy atom. The maximum absolute atomic E-state index is 10.8. The number of hydrogen-bond acceptors (Lipinski definition) is 4. The van der Waals surface area contributed by atoms with Crippen LogP contribution >= 0.6 is 0 Å². The lowest BCUT2D eigenvalue weighted by molar-refractivity contribution is -0.140. The molecule has 0 radical (unpaired) electrons. The molecule has 0 aromatic heterocycles. The van der Waals surface area contributed by atoms with Crippen molar-refractivity contribution in [3.63, 3.8) is 0 Å². The van der Waals surface area contributed by atoms with Gasteiger partial charge in [-0.1, -0.05) is 14.9 Å². The summed E-state index contributed by atoms with van der Waals surface area (Å²) in [5, 5.41) is 2.39. The molecule has 0 aromatic carbocycles. The average Bonchev–Trinajstić information content (AvgIpc) is 2.11. The van der Waals surface area contributed by atoms with Crippen molar-refractivity contribution in [2.75, 3.05) is 14.2 Å². The molecule has 1 amide bonds. The zero-order valence-corrected chi connectivity index (χ0v) is 7.29. The second kappa shape index (κ2) is 9.98. The van der Waals surface area contributed by atoms with Crippen LogP contribution in [0.15, 0.2) is 0 Å². The molecule has 0 spiro atoms. The van der Waals surface area contributed by atoms with Gasteiger partial charge >= 0.3 is 5.97 Å². The Balaban J connectivity index is -0.000000605. The second-order valence-electron chi connectivity index (χ2n) is 2.34. The van der Waals surface area contributed by atoms with Gasteiger partial charge in [0.05, 0.1) is 13.2 Å². The standard InChI is InChI=1S/C7H14N2O3.2CH4/c1-9-7(11)5(8)3-4-6(10)12-2;;/h5H,3-4,8H2,1-2H3,(H,9,11);2*1H4. The number of nitrogens with one attached hydrogen (secondary N) is 1. The fourth-order valence-electron chi connectivity index (χ4n) is 0.692. The minimum atomic E-state index is -0.630. The van der Waals surface area contributed by atoms with E-state index in [-0.39, 0.29) is 33.2 Å². The third-order valence-electron chi connectivity index (χ3n) is 1.47. The minimum absolute atomic E-state index is 0. The van der Waals surface area contributed by atoms with Gasteiger partial charge < -0.3 is 15.8 Å². The second-order valence-corrected chi connectivity index (χ2v) is 2.34. The first-order valence-corrected chi connectivity index (χ1v) is 3.65. The van der Waals surface area contributed by atoms with Crippen LogP contribution in [-0.4, -0.2) is 32.1 Å². The summed E-state index contributed by atoms with van der Waals surface area (Å²) in [6.07, 6.45) is 0.484. The molecule has 5 heteroatoms. The molecule has 14 heavy (non-hydrogen) atoms. The van der Waals surface area contributed by atoms with Crippen molar-refractivity contribution in [1.29, 1.82) is 0 Å². The van der Waals surface area contributed by atoms with Crippen LogP contribution in [-0.2, 0) is 14.3 Å². The van der Waals surface area contributed by atoms with Gasteiger partial charge in [0, 0.05) is 13.5 Å². The molecule has 86 valence electrons. The number of carbonyl (C=O) groups excluding carboxylic acids is 2. The number of nitrogens with two attached hydrogens (primary N) is 1. The lowest BCUT2D eigenvalue weighted by Gasteiger charge is -2.07. The smallest absolute Gasteiger partial charge is 0.305 e. The Labute approximate surface area is 86.0 Å². The van der Waals surface area contributed by atoms with Gasteiger partial charge in [0.2, 0.25) is 5.91 Å². The van der Waals surface area contributed by atoms with Crippen molar-refractivity contribution in [3.05, 3.63) is 0 Å². The largest absolute Gasteiger partial charge is 0.469 e. The molecule has 3 N–H and O–H groups in total. The van der Waals surface area contributed by atoms with Gasteiger partial charge in [-0.25, -0.2) is 0 Å². The highest BCUT2D eigenvalue weighted by molar-refractivity contribution is 5.81. The first-order chi connectivity index (χ1) is 5.61. The Hall–Kier alpha value is -1.10. The molecule has 0 aliphatic carbocycles. The van der Waals surface area contributed by atoms with Crippen LogP contribution in [0.5, 0.6) is 0 Å². The molecular formula is C9H22N2O3. The first kappa shape index (κ1) is 18.6. The van der Waals surface area contributed by atoms with Crippen LogP contribution < -0.4 is 11.1 Å². The Morgan fingerprint density at radius 1 is 1.43 bits per heavy atom. The number of likely N-dealkylation sites (N-methyl/N-ethyl adjacent to an activating group) is 1. The molecule has 0 rings (SSSR count). The molecule has 0 aliphatic rings. The highest BCUT2D eigenvalue weighted by atomic mass is 16.5. The van der Waals surface area contributed by atoms with E-state index in [0.717, 1.165) is 0 Å². The summed E-state index contributed by atoms with van der Waals surface area (Å²) in [5.74, 6) is -0.617. The summed E-state index contributed by atoms with van der Waals surface area (Å²) in [6.45, 7) is 0. The van der Waals surface area contributed by atoms with E-state index < -0.39 is 6.04 Å². The van der Waals surface area contributed by atoms with Crippen LogP contribution in [0.4, 0.5) is 0 Å². The number of ether oxygens (including phenoxy) is 1. The lowest BCUT2D eigenvalue weighted by atomic mass is 10.1. The van der Waals surface area contributed by atoms with Crippen LogP contribution in [0.3, 0.4) is 0 Å². The van der Waals surface area contributed by atoms with Crippen molar-refractivity contribution >= 4 is 11.9 Å². The molecule has 5 nitrogen and oxygen atoms in total. The van der Waals surface area contributed by atoms with Crippen molar-refractivity contribution < 1.29 is 14.3 Å².